The van der Waals surface area contributed by atoms with Crippen molar-refractivity contribution in [1.82, 2.24) is 5.43 Å². The van der Waals surface area contributed by atoms with Gasteiger partial charge in [0.1, 0.15) is 0 Å². The Balaban J connectivity index is 1.96. The molecule has 0 aromatic heterocycles. The number of hydrogen-bond acceptors (Lipinski definition) is 3. The summed E-state index contributed by atoms with van der Waals surface area (Å²) in [6, 6.07) is 11.2. The zero-order chi connectivity index (χ0) is 16.1. The van der Waals surface area contributed by atoms with E-state index >= 15 is 0 Å². The summed E-state index contributed by atoms with van der Waals surface area (Å²) in [6.45, 7) is 7.94. The highest BCUT2D eigenvalue weighted by molar-refractivity contribution is 5.76. The second kappa shape index (κ2) is 6.85. The number of azo groups is 1. The Morgan fingerprint density at radius 3 is 2.18 bits per heavy atom. The van der Waals surface area contributed by atoms with Crippen LogP contribution < -0.4 is 10.9 Å². The lowest BCUT2D eigenvalue weighted by molar-refractivity contribution is 0.249. The molecule has 0 spiro atoms. The summed E-state index contributed by atoms with van der Waals surface area (Å²) < 4.78 is 0. The second-order valence-corrected chi connectivity index (χ2v) is 5.36. The van der Waals surface area contributed by atoms with E-state index < -0.39 is 6.03 Å². The van der Waals surface area contributed by atoms with Gasteiger partial charge in [-0.25, -0.2) is 10.2 Å². The van der Waals surface area contributed by atoms with Gasteiger partial charge in [-0.1, -0.05) is 40.5 Å². The quantitative estimate of drug-likeness (QED) is 0.634. The van der Waals surface area contributed by atoms with Crippen LogP contribution in [-0.2, 0) is 0 Å². The van der Waals surface area contributed by atoms with E-state index in [0.717, 1.165) is 22.4 Å². The number of hydrogen-bond donors (Lipinski definition) is 2. The number of urea groups is 1. The predicted octanol–water partition coefficient (Wildman–Crippen LogP) is 4.74. The molecular formula is C17H20N4O. The van der Waals surface area contributed by atoms with E-state index in [1.165, 1.54) is 5.56 Å². The minimum Gasteiger partial charge on any atom is -0.297 e. The van der Waals surface area contributed by atoms with Crippen molar-refractivity contribution in [2.24, 2.45) is 10.2 Å². The summed E-state index contributed by atoms with van der Waals surface area (Å²) in [4.78, 5) is 11.7. The zero-order valence-electron chi connectivity index (χ0n) is 13.3. The Morgan fingerprint density at radius 1 is 0.909 bits per heavy atom. The third kappa shape index (κ3) is 4.15. The molecule has 2 aromatic rings. The van der Waals surface area contributed by atoms with E-state index in [4.69, 9.17) is 0 Å². The van der Waals surface area contributed by atoms with Crippen molar-refractivity contribution >= 4 is 17.4 Å². The Hall–Kier alpha value is -2.69. The number of nitrogens with one attached hydrogen (secondary N) is 2. The number of amides is 2. The number of nitrogens with zero attached hydrogens (tertiary/aromatic N) is 2. The van der Waals surface area contributed by atoms with Gasteiger partial charge in [0.05, 0.1) is 11.4 Å². The number of hydrazine groups is 1. The van der Waals surface area contributed by atoms with Crippen molar-refractivity contribution in [3.63, 3.8) is 0 Å². The Labute approximate surface area is 130 Å². The van der Waals surface area contributed by atoms with Gasteiger partial charge in [0.2, 0.25) is 0 Å². The molecule has 2 rings (SSSR count). The highest BCUT2D eigenvalue weighted by atomic mass is 16.2. The lowest BCUT2D eigenvalue weighted by atomic mass is 10.1. The largest absolute Gasteiger partial charge is 0.378 e. The minimum atomic E-state index is -0.542. The summed E-state index contributed by atoms with van der Waals surface area (Å²) in [6.07, 6.45) is 0. The Bertz CT molecular complexity index is 723. The van der Waals surface area contributed by atoms with Crippen molar-refractivity contribution in [2.75, 3.05) is 5.43 Å². The number of carbonyl (C=O) groups excluding carboxylic acids is 1. The fourth-order valence-corrected chi connectivity index (χ4v) is 2.12. The standard InChI is InChI=1S/C17H20N4O/c1-11-5-7-15(13(3)9-11)18-20-17(22)21-19-16-8-6-12(2)10-14(16)4/h5-10,18H,1-4H3,(H,20,22). The lowest BCUT2D eigenvalue weighted by Gasteiger charge is -2.09. The molecule has 0 saturated heterocycles. The topological polar surface area (TPSA) is 65.8 Å². The van der Waals surface area contributed by atoms with Gasteiger partial charge >= 0.3 is 6.03 Å². The molecule has 2 aromatic carbocycles. The van der Waals surface area contributed by atoms with Gasteiger partial charge in [0.25, 0.3) is 0 Å². The molecule has 0 heterocycles. The molecule has 5 nitrogen and oxygen atoms in total. The minimum absolute atomic E-state index is 0.542. The van der Waals surface area contributed by atoms with Crippen LogP contribution in [0.3, 0.4) is 0 Å². The first kappa shape index (κ1) is 15.7. The van der Waals surface area contributed by atoms with Gasteiger partial charge < -0.3 is 0 Å². The van der Waals surface area contributed by atoms with Crippen molar-refractivity contribution in [3.05, 3.63) is 58.7 Å². The summed E-state index contributed by atoms with van der Waals surface area (Å²) in [7, 11) is 0. The lowest BCUT2D eigenvalue weighted by Crippen LogP contribution is -2.26. The maximum atomic E-state index is 11.7. The summed E-state index contributed by atoms with van der Waals surface area (Å²) >= 11 is 0. The number of rotatable bonds is 3. The third-order valence-electron chi connectivity index (χ3n) is 3.29. The van der Waals surface area contributed by atoms with E-state index in [0.29, 0.717) is 5.69 Å². The fraction of sp³-hybridized carbons (Fsp3) is 0.235. The molecule has 22 heavy (non-hydrogen) atoms. The van der Waals surface area contributed by atoms with Gasteiger partial charge in [0.15, 0.2) is 0 Å². The zero-order valence-corrected chi connectivity index (χ0v) is 13.3. The van der Waals surface area contributed by atoms with Crippen LogP contribution in [0.15, 0.2) is 46.6 Å². The third-order valence-corrected chi connectivity index (χ3v) is 3.29. The molecule has 0 fully saturated rings. The molecule has 2 amide bonds. The van der Waals surface area contributed by atoms with Crippen LogP contribution in [0.4, 0.5) is 16.2 Å². The molecule has 0 saturated carbocycles. The van der Waals surface area contributed by atoms with Crippen LogP contribution in [0.25, 0.3) is 0 Å². The van der Waals surface area contributed by atoms with Crippen molar-refractivity contribution in [1.29, 1.82) is 0 Å². The summed E-state index contributed by atoms with van der Waals surface area (Å²) in [5, 5.41) is 7.63. The van der Waals surface area contributed by atoms with Gasteiger partial charge in [-0.15, -0.1) is 5.11 Å². The van der Waals surface area contributed by atoms with Crippen molar-refractivity contribution in [3.8, 4) is 0 Å². The van der Waals surface area contributed by atoms with E-state index in [1.807, 2.05) is 64.1 Å². The van der Waals surface area contributed by atoms with Crippen LogP contribution >= 0.6 is 0 Å². The molecule has 0 radical (unpaired) electrons. The molecule has 0 bridgehead atoms. The van der Waals surface area contributed by atoms with Crippen molar-refractivity contribution in [2.45, 2.75) is 27.7 Å². The van der Waals surface area contributed by atoms with Crippen LogP contribution in [0.2, 0.25) is 0 Å². The maximum absolute atomic E-state index is 11.7. The Morgan fingerprint density at radius 2 is 1.55 bits per heavy atom. The van der Waals surface area contributed by atoms with Crippen LogP contribution in [0.1, 0.15) is 22.3 Å². The van der Waals surface area contributed by atoms with Crippen LogP contribution in [-0.4, -0.2) is 6.03 Å². The fourth-order valence-electron chi connectivity index (χ4n) is 2.12. The smallest absolute Gasteiger partial charge is 0.297 e. The van der Waals surface area contributed by atoms with Crippen molar-refractivity contribution < 1.29 is 4.79 Å². The van der Waals surface area contributed by atoms with Gasteiger partial charge in [-0.2, -0.15) is 0 Å². The number of anilines is 1. The first-order chi connectivity index (χ1) is 10.5. The van der Waals surface area contributed by atoms with Crippen LogP contribution in [0.5, 0.6) is 0 Å². The van der Waals surface area contributed by atoms with E-state index in [1.54, 1.807) is 0 Å². The van der Waals surface area contributed by atoms with E-state index in [2.05, 4.69) is 21.1 Å². The molecule has 0 atom stereocenters. The second-order valence-electron chi connectivity index (χ2n) is 5.36. The van der Waals surface area contributed by atoms with E-state index in [-0.39, 0.29) is 0 Å². The summed E-state index contributed by atoms with van der Waals surface area (Å²) in [5.74, 6) is 0. The van der Waals surface area contributed by atoms with Gasteiger partial charge in [0, 0.05) is 0 Å². The predicted molar refractivity (Wildman–Crippen MR) is 88.5 cm³/mol. The molecule has 2 N–H and O–H groups in total. The van der Waals surface area contributed by atoms with Gasteiger partial charge in [-0.05, 0) is 51.0 Å². The highest BCUT2D eigenvalue weighted by Crippen LogP contribution is 2.19. The number of aryl methyl sites for hydroxylation is 4. The maximum Gasteiger partial charge on any atom is 0.378 e. The monoisotopic (exact) mass is 296 g/mol. The molecule has 0 aliphatic rings. The SMILES string of the molecule is Cc1ccc(N=NC(=O)NNc2ccc(C)cc2C)c(C)c1. The number of carbonyl (C=O) groups is 1. The van der Waals surface area contributed by atoms with E-state index in [9.17, 15) is 4.79 Å². The molecule has 5 heteroatoms. The molecule has 0 unspecified atom stereocenters. The summed E-state index contributed by atoms with van der Waals surface area (Å²) in [5.41, 5.74) is 11.2. The average Bonchev–Trinajstić information content (AvgIpc) is 2.45. The normalized spacial score (nSPS) is 10.7. The molecule has 0 aliphatic carbocycles. The Kier molecular flexibility index (Phi) is 4.88. The van der Waals surface area contributed by atoms with Gasteiger partial charge in [-0.3, -0.25) is 5.43 Å². The highest BCUT2D eigenvalue weighted by Gasteiger charge is 2.02. The first-order valence-electron chi connectivity index (χ1n) is 7.08. The average molecular weight is 296 g/mol. The first-order valence-corrected chi connectivity index (χ1v) is 7.08. The molecular weight excluding hydrogens is 276 g/mol. The van der Waals surface area contributed by atoms with Crippen LogP contribution in [0, 0.1) is 27.7 Å². The molecule has 114 valence electrons. The number of benzene rings is 2. The molecule has 0 aliphatic heterocycles.